The average Bonchev–Trinajstić information content (AvgIpc) is 2.55. The van der Waals surface area contributed by atoms with Gasteiger partial charge < -0.3 is 10.6 Å². The zero-order valence-electron chi connectivity index (χ0n) is 12.9. The summed E-state index contributed by atoms with van der Waals surface area (Å²) in [5, 5.41) is 6.67. The Morgan fingerprint density at radius 2 is 2.00 bits per heavy atom. The van der Waals surface area contributed by atoms with Crippen LogP contribution in [0.4, 0.5) is 5.69 Å². The number of carbonyl (C=O) groups is 1. The molecule has 21 heavy (non-hydrogen) atoms. The highest BCUT2D eigenvalue weighted by Gasteiger charge is 2.27. The average molecular weight is 286 g/mol. The molecule has 1 fully saturated rings. The minimum absolute atomic E-state index is 0.0730. The van der Waals surface area contributed by atoms with Gasteiger partial charge in [-0.2, -0.15) is 0 Å². The third kappa shape index (κ3) is 3.39. The van der Waals surface area contributed by atoms with Gasteiger partial charge in [0.05, 0.1) is 5.92 Å². The highest BCUT2D eigenvalue weighted by atomic mass is 16.2. The topological polar surface area (TPSA) is 41.1 Å². The van der Waals surface area contributed by atoms with Gasteiger partial charge in [-0.3, -0.25) is 4.79 Å². The number of benzene rings is 1. The van der Waals surface area contributed by atoms with Crippen molar-refractivity contribution in [3.05, 3.63) is 29.8 Å². The summed E-state index contributed by atoms with van der Waals surface area (Å²) >= 11 is 0. The van der Waals surface area contributed by atoms with Crippen LogP contribution in [0.3, 0.4) is 0 Å². The second-order valence-corrected chi connectivity index (χ2v) is 6.57. The first kappa shape index (κ1) is 14.4. The summed E-state index contributed by atoms with van der Waals surface area (Å²) in [6.07, 6.45) is 6.99. The van der Waals surface area contributed by atoms with Crippen molar-refractivity contribution in [2.24, 2.45) is 11.8 Å². The number of para-hydroxylation sites is 1. The Morgan fingerprint density at radius 1 is 1.24 bits per heavy atom. The summed E-state index contributed by atoms with van der Waals surface area (Å²) in [6.45, 7) is 3.03. The molecule has 1 amide bonds. The Bertz CT molecular complexity index is 492. The van der Waals surface area contributed by atoms with E-state index in [9.17, 15) is 4.79 Å². The molecule has 0 bridgehead atoms. The van der Waals surface area contributed by atoms with Gasteiger partial charge in [0, 0.05) is 18.3 Å². The van der Waals surface area contributed by atoms with Gasteiger partial charge in [0.15, 0.2) is 0 Å². The molecule has 3 heteroatoms. The van der Waals surface area contributed by atoms with E-state index in [1.54, 1.807) is 0 Å². The molecule has 1 atom stereocenters. The standard InChI is InChI=1S/C18H26N2O/c1-2-13-7-9-16(10-8-13)20-18(21)15-11-14-5-3-4-6-17(14)19-12-15/h3-6,13,15-16,19H,2,7-12H2,1H3,(H,20,21). The molecule has 2 N–H and O–H groups in total. The van der Waals surface area contributed by atoms with Crippen molar-refractivity contribution in [1.82, 2.24) is 5.32 Å². The van der Waals surface area contributed by atoms with Gasteiger partial charge in [-0.25, -0.2) is 0 Å². The minimum atomic E-state index is 0.0730. The maximum absolute atomic E-state index is 12.5. The number of carbonyl (C=O) groups excluding carboxylic acids is 1. The predicted molar refractivity (Wildman–Crippen MR) is 86.3 cm³/mol. The number of amides is 1. The van der Waals surface area contributed by atoms with E-state index in [2.05, 4.69) is 29.7 Å². The molecular formula is C18H26N2O. The van der Waals surface area contributed by atoms with Crippen molar-refractivity contribution in [1.29, 1.82) is 0 Å². The van der Waals surface area contributed by atoms with E-state index in [4.69, 9.17) is 0 Å². The quantitative estimate of drug-likeness (QED) is 0.894. The molecule has 3 rings (SSSR count). The Balaban J connectivity index is 1.53. The van der Waals surface area contributed by atoms with E-state index >= 15 is 0 Å². The summed E-state index contributed by atoms with van der Waals surface area (Å²) in [4.78, 5) is 12.5. The molecule has 2 aliphatic rings. The lowest BCUT2D eigenvalue weighted by Gasteiger charge is -2.31. The molecule has 1 saturated carbocycles. The van der Waals surface area contributed by atoms with E-state index in [1.165, 1.54) is 30.5 Å². The molecule has 0 saturated heterocycles. The lowest BCUT2D eigenvalue weighted by Crippen LogP contribution is -2.44. The Kier molecular flexibility index (Phi) is 4.47. The summed E-state index contributed by atoms with van der Waals surface area (Å²) in [5.74, 6) is 1.18. The van der Waals surface area contributed by atoms with Gasteiger partial charge in [0.2, 0.25) is 5.91 Å². The Hall–Kier alpha value is -1.51. The molecule has 1 aromatic carbocycles. The number of rotatable bonds is 3. The van der Waals surface area contributed by atoms with Crippen LogP contribution in [0.2, 0.25) is 0 Å². The van der Waals surface area contributed by atoms with Crippen LogP contribution in [0.25, 0.3) is 0 Å². The van der Waals surface area contributed by atoms with Gasteiger partial charge in [-0.15, -0.1) is 0 Å². The van der Waals surface area contributed by atoms with Crippen molar-refractivity contribution >= 4 is 11.6 Å². The fraction of sp³-hybridized carbons (Fsp3) is 0.611. The Labute approximate surface area is 127 Å². The third-order valence-electron chi connectivity index (χ3n) is 5.16. The number of hydrogen-bond acceptors (Lipinski definition) is 2. The van der Waals surface area contributed by atoms with Crippen LogP contribution in [0, 0.1) is 11.8 Å². The lowest BCUT2D eigenvalue weighted by atomic mass is 9.84. The second kappa shape index (κ2) is 6.50. The second-order valence-electron chi connectivity index (χ2n) is 6.57. The number of fused-ring (bicyclic) bond motifs is 1. The smallest absolute Gasteiger partial charge is 0.225 e. The first-order chi connectivity index (χ1) is 10.3. The van der Waals surface area contributed by atoms with E-state index in [0.29, 0.717) is 6.04 Å². The molecule has 3 nitrogen and oxygen atoms in total. The van der Waals surface area contributed by atoms with Crippen LogP contribution in [0.5, 0.6) is 0 Å². The van der Waals surface area contributed by atoms with Crippen LogP contribution in [-0.2, 0) is 11.2 Å². The predicted octanol–water partition coefficient (Wildman–Crippen LogP) is 3.36. The Morgan fingerprint density at radius 3 is 2.76 bits per heavy atom. The third-order valence-corrected chi connectivity index (χ3v) is 5.16. The number of anilines is 1. The summed E-state index contributed by atoms with van der Waals surface area (Å²) in [6, 6.07) is 8.70. The van der Waals surface area contributed by atoms with Crippen molar-refractivity contribution in [2.75, 3.05) is 11.9 Å². The van der Waals surface area contributed by atoms with Gasteiger partial charge >= 0.3 is 0 Å². The number of hydrogen-bond donors (Lipinski definition) is 2. The lowest BCUT2D eigenvalue weighted by molar-refractivity contribution is -0.125. The first-order valence-corrected chi connectivity index (χ1v) is 8.38. The van der Waals surface area contributed by atoms with Crippen molar-refractivity contribution in [3.63, 3.8) is 0 Å². The fourth-order valence-corrected chi connectivity index (χ4v) is 3.66. The zero-order chi connectivity index (χ0) is 14.7. The van der Waals surface area contributed by atoms with Gasteiger partial charge in [0.1, 0.15) is 0 Å². The number of nitrogens with one attached hydrogen (secondary N) is 2. The molecule has 1 aromatic rings. The van der Waals surface area contributed by atoms with Crippen LogP contribution in [0.15, 0.2) is 24.3 Å². The van der Waals surface area contributed by atoms with E-state index < -0.39 is 0 Å². The molecule has 0 spiro atoms. The molecular weight excluding hydrogens is 260 g/mol. The molecule has 0 radical (unpaired) electrons. The van der Waals surface area contributed by atoms with Gasteiger partial charge in [-0.05, 0) is 49.7 Å². The SMILES string of the molecule is CCC1CCC(NC(=O)C2CNc3ccccc3C2)CC1. The zero-order valence-corrected chi connectivity index (χ0v) is 12.9. The van der Waals surface area contributed by atoms with Crippen LogP contribution in [0.1, 0.15) is 44.6 Å². The first-order valence-electron chi connectivity index (χ1n) is 8.38. The fourth-order valence-electron chi connectivity index (χ4n) is 3.66. The maximum Gasteiger partial charge on any atom is 0.225 e. The summed E-state index contributed by atoms with van der Waals surface area (Å²) in [7, 11) is 0. The highest BCUT2D eigenvalue weighted by molar-refractivity contribution is 5.81. The molecule has 0 aromatic heterocycles. The molecule has 114 valence electrons. The molecule has 1 aliphatic heterocycles. The van der Waals surface area contributed by atoms with E-state index in [-0.39, 0.29) is 11.8 Å². The van der Waals surface area contributed by atoms with Gasteiger partial charge in [-0.1, -0.05) is 31.5 Å². The van der Waals surface area contributed by atoms with E-state index in [1.807, 2.05) is 12.1 Å². The van der Waals surface area contributed by atoms with Crippen molar-refractivity contribution in [3.8, 4) is 0 Å². The normalized spacial score (nSPS) is 28.3. The highest BCUT2D eigenvalue weighted by Crippen LogP contribution is 2.28. The van der Waals surface area contributed by atoms with Crippen LogP contribution < -0.4 is 10.6 Å². The minimum Gasteiger partial charge on any atom is -0.384 e. The monoisotopic (exact) mass is 286 g/mol. The maximum atomic E-state index is 12.5. The largest absolute Gasteiger partial charge is 0.384 e. The van der Waals surface area contributed by atoms with Crippen molar-refractivity contribution in [2.45, 2.75) is 51.5 Å². The molecule has 1 unspecified atom stereocenters. The summed E-state index contributed by atoms with van der Waals surface area (Å²) < 4.78 is 0. The molecule has 1 heterocycles. The summed E-state index contributed by atoms with van der Waals surface area (Å²) in [5.41, 5.74) is 2.45. The van der Waals surface area contributed by atoms with Crippen LogP contribution in [-0.4, -0.2) is 18.5 Å². The van der Waals surface area contributed by atoms with Crippen LogP contribution >= 0.6 is 0 Å². The van der Waals surface area contributed by atoms with E-state index in [0.717, 1.165) is 31.7 Å². The van der Waals surface area contributed by atoms with Crippen molar-refractivity contribution < 1.29 is 4.79 Å². The molecule has 1 aliphatic carbocycles. The van der Waals surface area contributed by atoms with Gasteiger partial charge in [0.25, 0.3) is 0 Å².